The monoisotopic (exact) mass is 264 g/mol. The largest absolute Gasteiger partial charge is 0.462 e. The van der Waals surface area contributed by atoms with E-state index in [-0.39, 0.29) is 6.61 Å². The number of esters is 1. The quantitative estimate of drug-likeness (QED) is 0.795. The molecule has 0 aromatic carbocycles. The van der Waals surface area contributed by atoms with Crippen molar-refractivity contribution in [2.75, 3.05) is 19.8 Å². The molecule has 1 amide bonds. The Morgan fingerprint density at radius 1 is 1.53 bits per heavy atom. The van der Waals surface area contributed by atoms with Crippen molar-refractivity contribution in [1.29, 1.82) is 0 Å². The van der Waals surface area contributed by atoms with Crippen molar-refractivity contribution in [3.8, 4) is 0 Å². The van der Waals surface area contributed by atoms with Gasteiger partial charge in [-0.25, -0.2) is 4.79 Å². The summed E-state index contributed by atoms with van der Waals surface area (Å²) in [6, 6.07) is 3.22. The fourth-order valence-electron chi connectivity index (χ4n) is 2.10. The predicted octanol–water partition coefficient (Wildman–Crippen LogP) is 0.402. The van der Waals surface area contributed by atoms with E-state index in [4.69, 9.17) is 15.2 Å². The minimum absolute atomic E-state index is 0.230. The normalized spacial score (nSPS) is 22.2. The van der Waals surface area contributed by atoms with E-state index in [0.29, 0.717) is 30.9 Å². The fraction of sp³-hybridized carbons (Fsp3) is 0.462. The first-order valence-electron chi connectivity index (χ1n) is 6.11. The number of nitrogens with two attached hydrogens (primary N) is 1. The number of amides is 1. The molecule has 6 nitrogen and oxygen atoms in total. The third kappa shape index (κ3) is 2.44. The second kappa shape index (κ2) is 5.36. The van der Waals surface area contributed by atoms with Gasteiger partial charge in [0.25, 0.3) is 0 Å². The zero-order valence-corrected chi connectivity index (χ0v) is 10.7. The summed E-state index contributed by atoms with van der Waals surface area (Å²) in [5.74, 6) is -0.890. The first-order chi connectivity index (χ1) is 9.10. The Labute approximate surface area is 110 Å². The molecule has 1 unspecified atom stereocenters. The van der Waals surface area contributed by atoms with Gasteiger partial charge in [-0.3, -0.25) is 9.78 Å². The van der Waals surface area contributed by atoms with Gasteiger partial charge in [-0.05, 0) is 25.5 Å². The van der Waals surface area contributed by atoms with Crippen molar-refractivity contribution in [1.82, 2.24) is 4.98 Å². The summed E-state index contributed by atoms with van der Waals surface area (Å²) in [5.41, 5.74) is 5.46. The second-order valence-electron chi connectivity index (χ2n) is 4.40. The van der Waals surface area contributed by atoms with Crippen LogP contribution >= 0.6 is 0 Å². The molecule has 2 rings (SSSR count). The van der Waals surface area contributed by atoms with Gasteiger partial charge in [0, 0.05) is 12.8 Å². The van der Waals surface area contributed by atoms with Crippen LogP contribution < -0.4 is 5.73 Å². The number of pyridine rings is 1. The van der Waals surface area contributed by atoms with E-state index in [2.05, 4.69) is 4.98 Å². The van der Waals surface area contributed by atoms with Crippen LogP contribution in [-0.2, 0) is 19.7 Å². The van der Waals surface area contributed by atoms with E-state index in [1.807, 2.05) is 0 Å². The molecule has 1 aromatic heterocycles. The van der Waals surface area contributed by atoms with Crippen molar-refractivity contribution in [3.05, 3.63) is 29.6 Å². The van der Waals surface area contributed by atoms with Crippen LogP contribution in [0.2, 0.25) is 0 Å². The maximum atomic E-state index is 11.7. The Hall–Kier alpha value is -1.95. The van der Waals surface area contributed by atoms with E-state index in [1.54, 1.807) is 19.1 Å². The first kappa shape index (κ1) is 13.5. The number of rotatable bonds is 4. The summed E-state index contributed by atoms with van der Waals surface area (Å²) >= 11 is 0. The number of hydrogen-bond donors (Lipinski definition) is 1. The summed E-state index contributed by atoms with van der Waals surface area (Å²) in [4.78, 5) is 27.3. The van der Waals surface area contributed by atoms with Gasteiger partial charge in [0.05, 0.1) is 24.5 Å². The molecule has 6 heteroatoms. The predicted molar refractivity (Wildman–Crippen MR) is 66.5 cm³/mol. The van der Waals surface area contributed by atoms with Crippen molar-refractivity contribution < 1.29 is 19.1 Å². The Morgan fingerprint density at radius 3 is 2.79 bits per heavy atom. The third-order valence-corrected chi connectivity index (χ3v) is 3.26. The van der Waals surface area contributed by atoms with Gasteiger partial charge in [-0.2, -0.15) is 0 Å². The highest BCUT2D eigenvalue weighted by atomic mass is 16.5. The van der Waals surface area contributed by atoms with Gasteiger partial charge < -0.3 is 15.2 Å². The molecule has 1 aromatic rings. The number of primary amides is 1. The van der Waals surface area contributed by atoms with E-state index < -0.39 is 17.3 Å². The van der Waals surface area contributed by atoms with Crippen LogP contribution in [0.1, 0.15) is 29.4 Å². The van der Waals surface area contributed by atoms with Crippen LogP contribution in [0.15, 0.2) is 18.3 Å². The molecule has 1 aliphatic rings. The molecule has 1 aliphatic heterocycles. The molecule has 102 valence electrons. The molecule has 0 saturated carbocycles. The van der Waals surface area contributed by atoms with Gasteiger partial charge in [0.2, 0.25) is 5.91 Å². The summed E-state index contributed by atoms with van der Waals surface area (Å²) < 4.78 is 10.1. The zero-order valence-electron chi connectivity index (χ0n) is 10.7. The average molecular weight is 264 g/mol. The maximum absolute atomic E-state index is 11.7. The Balaban J connectivity index is 2.26. The van der Waals surface area contributed by atoms with Crippen molar-refractivity contribution in [3.63, 3.8) is 0 Å². The highest BCUT2D eigenvalue weighted by Crippen LogP contribution is 2.31. The number of carbonyl (C=O) groups is 2. The molecular weight excluding hydrogens is 248 g/mol. The van der Waals surface area contributed by atoms with Crippen LogP contribution in [-0.4, -0.2) is 36.7 Å². The van der Waals surface area contributed by atoms with E-state index in [0.717, 1.165) is 0 Å². The molecule has 19 heavy (non-hydrogen) atoms. The first-order valence-corrected chi connectivity index (χ1v) is 6.11. The van der Waals surface area contributed by atoms with Crippen molar-refractivity contribution in [2.24, 2.45) is 5.73 Å². The molecule has 2 heterocycles. The van der Waals surface area contributed by atoms with Gasteiger partial charge >= 0.3 is 5.97 Å². The lowest BCUT2D eigenvalue weighted by Gasteiger charge is -2.22. The fourth-order valence-corrected chi connectivity index (χ4v) is 2.10. The summed E-state index contributed by atoms with van der Waals surface area (Å²) in [6.45, 7) is 2.75. The standard InChI is InChI=1S/C13H16N2O4/c1-2-19-11(16)9-3-4-10(15-7-9)13(12(14)17)5-6-18-8-13/h3-4,7H,2,5-6,8H2,1H3,(H2,14,17). The molecule has 2 N–H and O–H groups in total. The molecule has 0 bridgehead atoms. The lowest BCUT2D eigenvalue weighted by Crippen LogP contribution is -2.42. The number of carbonyl (C=O) groups excluding carboxylic acids is 2. The molecule has 1 fully saturated rings. The topological polar surface area (TPSA) is 91.5 Å². The van der Waals surface area contributed by atoms with Gasteiger partial charge in [-0.15, -0.1) is 0 Å². The molecule has 0 radical (unpaired) electrons. The minimum atomic E-state index is -0.882. The van der Waals surface area contributed by atoms with Crippen LogP contribution in [0.3, 0.4) is 0 Å². The van der Waals surface area contributed by atoms with Crippen LogP contribution in [0, 0.1) is 0 Å². The number of aromatic nitrogens is 1. The highest BCUT2D eigenvalue weighted by Gasteiger charge is 2.43. The summed E-state index contributed by atoms with van der Waals surface area (Å²) in [5, 5.41) is 0. The van der Waals surface area contributed by atoms with Crippen molar-refractivity contribution in [2.45, 2.75) is 18.8 Å². The smallest absolute Gasteiger partial charge is 0.339 e. The summed E-state index contributed by atoms with van der Waals surface area (Å²) in [6.07, 6.45) is 1.91. The van der Waals surface area contributed by atoms with E-state index in [1.165, 1.54) is 6.20 Å². The third-order valence-electron chi connectivity index (χ3n) is 3.26. The van der Waals surface area contributed by atoms with Crippen LogP contribution in [0.4, 0.5) is 0 Å². The Morgan fingerprint density at radius 2 is 2.32 bits per heavy atom. The lowest BCUT2D eigenvalue weighted by molar-refractivity contribution is -0.123. The van der Waals surface area contributed by atoms with Gasteiger partial charge in [0.1, 0.15) is 5.41 Å². The van der Waals surface area contributed by atoms with E-state index in [9.17, 15) is 9.59 Å². The number of hydrogen-bond acceptors (Lipinski definition) is 5. The SMILES string of the molecule is CCOC(=O)c1ccc(C2(C(N)=O)CCOC2)nc1. The molecule has 0 aliphatic carbocycles. The van der Waals surface area contributed by atoms with Crippen molar-refractivity contribution >= 4 is 11.9 Å². The Kier molecular flexibility index (Phi) is 3.80. The maximum Gasteiger partial charge on any atom is 0.339 e. The number of ether oxygens (including phenoxy) is 2. The number of nitrogens with zero attached hydrogens (tertiary/aromatic N) is 1. The second-order valence-corrected chi connectivity index (χ2v) is 4.40. The van der Waals surface area contributed by atoms with Gasteiger partial charge in [-0.1, -0.05) is 0 Å². The highest BCUT2D eigenvalue weighted by molar-refractivity contribution is 5.90. The average Bonchev–Trinajstić information content (AvgIpc) is 2.90. The van der Waals surface area contributed by atoms with Crippen LogP contribution in [0.25, 0.3) is 0 Å². The summed E-state index contributed by atoms with van der Waals surface area (Å²) in [7, 11) is 0. The van der Waals surface area contributed by atoms with Gasteiger partial charge in [0.15, 0.2) is 0 Å². The molecule has 1 saturated heterocycles. The zero-order chi connectivity index (χ0) is 13.9. The molecular formula is C13H16N2O4. The minimum Gasteiger partial charge on any atom is -0.462 e. The molecule has 1 atom stereocenters. The van der Waals surface area contributed by atoms with E-state index >= 15 is 0 Å². The lowest BCUT2D eigenvalue weighted by atomic mass is 9.82. The Bertz CT molecular complexity index is 478. The van der Waals surface area contributed by atoms with Crippen LogP contribution in [0.5, 0.6) is 0 Å². The molecule has 0 spiro atoms.